The SMILES string of the molecule is C=CCNS(=O)(=O)c1ccc(C(=O)N[C@@H](C)C23CC4CC(CC(C4)C2)C3)cc1. The minimum absolute atomic E-state index is 0.119. The summed E-state index contributed by atoms with van der Waals surface area (Å²) >= 11 is 0. The first-order chi connectivity index (χ1) is 13.3. The van der Waals surface area contributed by atoms with Crippen molar-refractivity contribution in [2.45, 2.75) is 56.4 Å². The van der Waals surface area contributed by atoms with Gasteiger partial charge in [0.1, 0.15) is 0 Å². The molecule has 0 aliphatic heterocycles. The number of benzene rings is 1. The molecular formula is C22H30N2O3S. The molecule has 0 radical (unpaired) electrons. The quantitative estimate of drug-likeness (QED) is 0.686. The van der Waals surface area contributed by atoms with E-state index in [0.29, 0.717) is 5.56 Å². The van der Waals surface area contributed by atoms with E-state index < -0.39 is 10.0 Å². The fraction of sp³-hybridized carbons (Fsp3) is 0.591. The van der Waals surface area contributed by atoms with Crippen molar-refractivity contribution in [3.63, 3.8) is 0 Å². The third kappa shape index (κ3) is 3.64. The first-order valence-corrected chi connectivity index (χ1v) is 11.8. The fourth-order valence-electron chi connectivity index (χ4n) is 6.18. The Bertz CT molecular complexity index is 825. The van der Waals surface area contributed by atoms with Crippen LogP contribution < -0.4 is 10.0 Å². The molecule has 28 heavy (non-hydrogen) atoms. The molecule has 0 aromatic heterocycles. The smallest absolute Gasteiger partial charge is 0.251 e. The van der Waals surface area contributed by atoms with Crippen LogP contribution in [0.3, 0.4) is 0 Å². The average Bonchev–Trinajstić information content (AvgIpc) is 2.65. The van der Waals surface area contributed by atoms with Gasteiger partial charge in [-0.15, -0.1) is 6.58 Å². The van der Waals surface area contributed by atoms with Crippen molar-refractivity contribution in [2.75, 3.05) is 6.54 Å². The molecule has 152 valence electrons. The summed E-state index contributed by atoms with van der Waals surface area (Å²) in [5, 5.41) is 3.23. The average molecular weight is 403 g/mol. The molecule has 0 unspecified atom stereocenters. The van der Waals surface area contributed by atoms with Crippen molar-refractivity contribution in [1.29, 1.82) is 0 Å². The van der Waals surface area contributed by atoms with Gasteiger partial charge in [0.15, 0.2) is 0 Å². The van der Waals surface area contributed by atoms with E-state index in [2.05, 4.69) is 23.5 Å². The van der Waals surface area contributed by atoms with Crippen molar-refractivity contribution in [2.24, 2.45) is 23.2 Å². The Hall–Kier alpha value is -1.66. The Kier molecular flexibility index (Phi) is 5.12. The lowest BCUT2D eigenvalue weighted by Gasteiger charge is -2.59. The van der Waals surface area contributed by atoms with Gasteiger partial charge in [-0.2, -0.15) is 0 Å². The van der Waals surface area contributed by atoms with Crippen molar-refractivity contribution in [3.8, 4) is 0 Å². The second-order valence-electron chi connectivity index (χ2n) is 9.14. The van der Waals surface area contributed by atoms with E-state index in [9.17, 15) is 13.2 Å². The van der Waals surface area contributed by atoms with Gasteiger partial charge in [-0.3, -0.25) is 4.79 Å². The molecule has 4 aliphatic rings. The molecule has 4 bridgehead atoms. The third-order valence-electron chi connectivity index (χ3n) is 7.20. The van der Waals surface area contributed by atoms with Gasteiger partial charge in [-0.05, 0) is 92.9 Å². The summed E-state index contributed by atoms with van der Waals surface area (Å²) in [6.07, 6.45) is 9.37. The van der Waals surface area contributed by atoms with E-state index in [0.717, 1.165) is 17.8 Å². The van der Waals surface area contributed by atoms with Crippen molar-refractivity contribution >= 4 is 15.9 Å². The molecule has 4 fully saturated rings. The Labute approximate surface area is 168 Å². The maximum Gasteiger partial charge on any atom is 0.251 e. The van der Waals surface area contributed by atoms with Gasteiger partial charge in [-0.25, -0.2) is 13.1 Å². The third-order valence-corrected chi connectivity index (χ3v) is 8.64. The van der Waals surface area contributed by atoms with Gasteiger partial charge >= 0.3 is 0 Å². The monoisotopic (exact) mass is 402 g/mol. The minimum atomic E-state index is -3.57. The Morgan fingerprint density at radius 3 is 2.18 bits per heavy atom. The van der Waals surface area contributed by atoms with E-state index in [-0.39, 0.29) is 28.8 Å². The van der Waals surface area contributed by atoms with Crippen LogP contribution in [0.5, 0.6) is 0 Å². The van der Waals surface area contributed by atoms with Crippen molar-refractivity contribution < 1.29 is 13.2 Å². The van der Waals surface area contributed by atoms with E-state index in [1.54, 1.807) is 12.1 Å². The van der Waals surface area contributed by atoms with Crippen LogP contribution in [0, 0.1) is 23.2 Å². The van der Waals surface area contributed by atoms with Crippen LogP contribution in [-0.2, 0) is 10.0 Å². The summed E-state index contributed by atoms with van der Waals surface area (Å²) in [4.78, 5) is 12.9. The highest BCUT2D eigenvalue weighted by atomic mass is 32.2. The lowest BCUT2D eigenvalue weighted by molar-refractivity contribution is -0.0688. The summed E-state index contributed by atoms with van der Waals surface area (Å²) in [7, 11) is -3.57. The molecule has 4 aliphatic carbocycles. The normalized spacial score (nSPS) is 32.1. The van der Waals surface area contributed by atoms with Gasteiger partial charge in [0.2, 0.25) is 10.0 Å². The molecule has 1 amide bonds. The summed E-state index contributed by atoms with van der Waals surface area (Å²) in [5.41, 5.74) is 0.752. The Morgan fingerprint density at radius 1 is 1.14 bits per heavy atom. The molecule has 0 heterocycles. The Balaban J connectivity index is 1.43. The summed E-state index contributed by atoms with van der Waals surface area (Å²) < 4.78 is 26.7. The van der Waals surface area contributed by atoms with Gasteiger partial charge in [-0.1, -0.05) is 6.08 Å². The molecule has 0 saturated heterocycles. The van der Waals surface area contributed by atoms with E-state index in [1.807, 2.05) is 0 Å². The number of rotatable bonds is 7. The second-order valence-corrected chi connectivity index (χ2v) is 10.9. The molecule has 1 atom stereocenters. The molecule has 4 saturated carbocycles. The van der Waals surface area contributed by atoms with Crippen LogP contribution in [0.25, 0.3) is 0 Å². The van der Waals surface area contributed by atoms with Crippen molar-refractivity contribution in [3.05, 3.63) is 42.5 Å². The van der Waals surface area contributed by atoms with E-state index in [4.69, 9.17) is 0 Å². The highest BCUT2D eigenvalue weighted by molar-refractivity contribution is 7.89. The lowest BCUT2D eigenvalue weighted by Crippen LogP contribution is -2.55. The highest BCUT2D eigenvalue weighted by Gasteiger charge is 2.53. The first kappa shape index (κ1) is 19.6. The van der Waals surface area contributed by atoms with Gasteiger partial charge < -0.3 is 5.32 Å². The number of amides is 1. The van der Waals surface area contributed by atoms with Gasteiger partial charge in [0.05, 0.1) is 4.90 Å². The second kappa shape index (κ2) is 7.30. The van der Waals surface area contributed by atoms with Gasteiger partial charge in [0.25, 0.3) is 5.91 Å². The van der Waals surface area contributed by atoms with E-state index >= 15 is 0 Å². The largest absolute Gasteiger partial charge is 0.349 e. The topological polar surface area (TPSA) is 75.3 Å². The number of carbonyl (C=O) groups excluding carboxylic acids is 1. The lowest BCUT2D eigenvalue weighted by atomic mass is 9.48. The maximum atomic E-state index is 12.8. The zero-order chi connectivity index (χ0) is 19.9. The van der Waals surface area contributed by atoms with E-state index in [1.165, 1.54) is 56.7 Å². The molecule has 1 aromatic rings. The fourth-order valence-corrected chi connectivity index (χ4v) is 7.18. The predicted molar refractivity (Wildman–Crippen MR) is 109 cm³/mol. The molecule has 5 nitrogen and oxygen atoms in total. The number of hydrogen-bond acceptors (Lipinski definition) is 3. The standard InChI is InChI=1S/C22H30N2O3S/c1-3-8-23-28(26,27)20-6-4-19(5-7-20)21(25)24-15(2)22-12-16-9-17(13-22)11-18(10-16)14-22/h3-7,15-18,23H,1,8-14H2,2H3,(H,24,25)/t15-,16?,17?,18?,22?/m0/s1. The first-order valence-electron chi connectivity index (χ1n) is 10.3. The zero-order valence-corrected chi connectivity index (χ0v) is 17.3. The van der Waals surface area contributed by atoms with Crippen LogP contribution in [-0.4, -0.2) is 26.9 Å². The molecule has 0 spiro atoms. The molecule has 5 rings (SSSR count). The number of carbonyl (C=O) groups is 1. The Morgan fingerprint density at radius 2 is 1.68 bits per heavy atom. The number of hydrogen-bond donors (Lipinski definition) is 2. The summed E-state index contributed by atoms with van der Waals surface area (Å²) in [6.45, 7) is 5.84. The van der Waals surface area contributed by atoms with Gasteiger partial charge in [0, 0.05) is 18.2 Å². The molecule has 6 heteroatoms. The zero-order valence-electron chi connectivity index (χ0n) is 16.5. The van der Waals surface area contributed by atoms with Crippen LogP contribution in [0.2, 0.25) is 0 Å². The maximum absolute atomic E-state index is 12.8. The van der Waals surface area contributed by atoms with Crippen LogP contribution in [0.4, 0.5) is 0 Å². The van der Waals surface area contributed by atoms with Crippen molar-refractivity contribution in [1.82, 2.24) is 10.0 Å². The molecular weight excluding hydrogens is 372 g/mol. The number of nitrogens with one attached hydrogen (secondary N) is 2. The van der Waals surface area contributed by atoms with Crippen LogP contribution in [0.1, 0.15) is 55.8 Å². The highest BCUT2D eigenvalue weighted by Crippen LogP contribution is 2.61. The van der Waals surface area contributed by atoms with Crippen LogP contribution >= 0.6 is 0 Å². The summed E-state index contributed by atoms with van der Waals surface area (Å²) in [5.74, 6) is 2.42. The van der Waals surface area contributed by atoms with Crippen LogP contribution in [0.15, 0.2) is 41.8 Å². The summed E-state index contributed by atoms with van der Waals surface area (Å²) in [6, 6.07) is 6.28. The minimum Gasteiger partial charge on any atom is -0.349 e. The number of sulfonamides is 1. The predicted octanol–water partition coefficient (Wildman–Crippen LogP) is 3.49. The molecule has 2 N–H and O–H groups in total. The molecule has 1 aromatic carbocycles.